The molecule has 0 atom stereocenters. The fraction of sp³-hybridized carbons (Fsp3) is 0.250. The van der Waals surface area contributed by atoms with Gasteiger partial charge in [-0.05, 0) is 48.7 Å². The lowest BCUT2D eigenvalue weighted by molar-refractivity contribution is 0.416. The number of hydrogen-bond acceptors (Lipinski definition) is 2. The summed E-state index contributed by atoms with van der Waals surface area (Å²) in [6, 6.07) is 12.6. The topological polar surface area (TPSA) is 35.2 Å². The van der Waals surface area contributed by atoms with Crippen LogP contribution >= 0.6 is 0 Å². The first-order chi connectivity index (χ1) is 8.65. The third-order valence-electron chi connectivity index (χ3n) is 3.18. The van der Waals surface area contributed by atoms with Crippen molar-refractivity contribution in [3.05, 3.63) is 53.1 Å². The standard InChI is InChI=1S/C16H19NO/c1-11-4-7-16(18-3)15(8-11)14-9-13(10-17)6-5-12(14)2/h4-9H,10,17H2,1-3H3. The zero-order valence-electron chi connectivity index (χ0n) is 11.2. The highest BCUT2D eigenvalue weighted by atomic mass is 16.5. The van der Waals surface area contributed by atoms with Crippen LogP contribution in [0.2, 0.25) is 0 Å². The highest BCUT2D eigenvalue weighted by Crippen LogP contribution is 2.33. The third-order valence-corrected chi connectivity index (χ3v) is 3.18. The van der Waals surface area contributed by atoms with Gasteiger partial charge in [-0.2, -0.15) is 0 Å². The molecule has 2 N–H and O–H groups in total. The second-order valence-corrected chi connectivity index (χ2v) is 4.56. The molecule has 0 heterocycles. The molecule has 0 amide bonds. The van der Waals surface area contributed by atoms with Gasteiger partial charge >= 0.3 is 0 Å². The van der Waals surface area contributed by atoms with Crippen molar-refractivity contribution >= 4 is 0 Å². The van der Waals surface area contributed by atoms with Crippen molar-refractivity contribution in [3.63, 3.8) is 0 Å². The Bertz CT molecular complexity index is 561. The highest BCUT2D eigenvalue weighted by Gasteiger charge is 2.09. The summed E-state index contributed by atoms with van der Waals surface area (Å²) in [6.07, 6.45) is 0. The van der Waals surface area contributed by atoms with Crippen LogP contribution < -0.4 is 10.5 Å². The lowest BCUT2D eigenvalue weighted by atomic mass is 9.96. The Labute approximate surface area is 108 Å². The van der Waals surface area contributed by atoms with Crippen LogP contribution in [0.1, 0.15) is 16.7 Å². The Morgan fingerprint density at radius 2 is 1.78 bits per heavy atom. The Morgan fingerprint density at radius 3 is 2.44 bits per heavy atom. The van der Waals surface area contributed by atoms with Crippen molar-refractivity contribution in [3.8, 4) is 16.9 Å². The maximum Gasteiger partial charge on any atom is 0.126 e. The average molecular weight is 241 g/mol. The summed E-state index contributed by atoms with van der Waals surface area (Å²) in [4.78, 5) is 0. The summed E-state index contributed by atoms with van der Waals surface area (Å²) >= 11 is 0. The van der Waals surface area contributed by atoms with Crippen molar-refractivity contribution in [1.82, 2.24) is 0 Å². The van der Waals surface area contributed by atoms with E-state index in [4.69, 9.17) is 10.5 Å². The van der Waals surface area contributed by atoms with Gasteiger partial charge in [-0.15, -0.1) is 0 Å². The molecule has 0 spiro atoms. The number of methoxy groups -OCH3 is 1. The number of aryl methyl sites for hydroxylation is 2. The first-order valence-electron chi connectivity index (χ1n) is 6.10. The van der Waals surface area contributed by atoms with Gasteiger partial charge in [0.25, 0.3) is 0 Å². The molecule has 0 bridgehead atoms. The first-order valence-corrected chi connectivity index (χ1v) is 6.10. The molecule has 0 aromatic heterocycles. The van der Waals surface area contributed by atoms with Crippen LogP contribution in [-0.2, 0) is 6.54 Å². The number of nitrogens with two attached hydrogens (primary N) is 1. The van der Waals surface area contributed by atoms with Crippen molar-refractivity contribution in [2.45, 2.75) is 20.4 Å². The summed E-state index contributed by atoms with van der Waals surface area (Å²) in [5, 5.41) is 0. The van der Waals surface area contributed by atoms with Crippen molar-refractivity contribution in [2.24, 2.45) is 5.73 Å². The normalized spacial score (nSPS) is 10.4. The van der Waals surface area contributed by atoms with Gasteiger partial charge < -0.3 is 10.5 Å². The lowest BCUT2D eigenvalue weighted by Crippen LogP contribution is -1.98. The van der Waals surface area contributed by atoms with Gasteiger partial charge in [0, 0.05) is 12.1 Å². The summed E-state index contributed by atoms with van der Waals surface area (Å²) in [7, 11) is 1.70. The number of hydrogen-bond donors (Lipinski definition) is 1. The van der Waals surface area contributed by atoms with E-state index in [1.165, 1.54) is 16.7 Å². The first kappa shape index (κ1) is 12.7. The van der Waals surface area contributed by atoms with Crippen LogP contribution in [0, 0.1) is 13.8 Å². The maximum absolute atomic E-state index is 5.72. The van der Waals surface area contributed by atoms with Crippen LogP contribution in [0.4, 0.5) is 0 Å². The molecule has 2 rings (SSSR count). The fourth-order valence-corrected chi connectivity index (χ4v) is 2.12. The van der Waals surface area contributed by atoms with E-state index in [-0.39, 0.29) is 0 Å². The SMILES string of the molecule is COc1ccc(C)cc1-c1cc(CN)ccc1C. The molecule has 0 aliphatic heterocycles. The summed E-state index contributed by atoms with van der Waals surface area (Å²) in [5.74, 6) is 0.901. The van der Waals surface area contributed by atoms with E-state index in [2.05, 4.69) is 44.2 Å². The van der Waals surface area contributed by atoms with Gasteiger partial charge in [0.2, 0.25) is 0 Å². The van der Waals surface area contributed by atoms with E-state index >= 15 is 0 Å². The van der Waals surface area contributed by atoms with Gasteiger partial charge in [0.15, 0.2) is 0 Å². The molecule has 0 aliphatic rings. The molecule has 0 fully saturated rings. The van der Waals surface area contributed by atoms with Crippen molar-refractivity contribution in [1.29, 1.82) is 0 Å². The number of rotatable bonds is 3. The minimum atomic E-state index is 0.557. The minimum absolute atomic E-state index is 0.557. The van der Waals surface area contributed by atoms with Crippen molar-refractivity contribution in [2.75, 3.05) is 7.11 Å². The van der Waals surface area contributed by atoms with Gasteiger partial charge in [-0.3, -0.25) is 0 Å². The Morgan fingerprint density at radius 1 is 1.00 bits per heavy atom. The zero-order valence-corrected chi connectivity index (χ0v) is 11.2. The summed E-state index contributed by atoms with van der Waals surface area (Å²) in [5.41, 5.74) is 11.6. The third kappa shape index (κ3) is 2.39. The molecule has 2 heteroatoms. The quantitative estimate of drug-likeness (QED) is 0.893. The molecule has 94 valence electrons. The van der Waals surface area contributed by atoms with Gasteiger partial charge in [0.05, 0.1) is 7.11 Å². The van der Waals surface area contributed by atoms with Gasteiger partial charge in [-0.25, -0.2) is 0 Å². The van der Waals surface area contributed by atoms with E-state index in [1.807, 2.05) is 6.07 Å². The molecular weight excluding hydrogens is 222 g/mol. The Balaban J connectivity index is 2.63. The van der Waals surface area contributed by atoms with Crippen LogP contribution in [0.5, 0.6) is 5.75 Å². The van der Waals surface area contributed by atoms with E-state index in [1.54, 1.807) is 7.11 Å². The molecule has 2 aromatic rings. The van der Waals surface area contributed by atoms with Gasteiger partial charge in [0.1, 0.15) is 5.75 Å². The minimum Gasteiger partial charge on any atom is -0.496 e. The summed E-state index contributed by atoms with van der Waals surface area (Å²) < 4.78 is 5.45. The van der Waals surface area contributed by atoms with Crippen LogP contribution in [0.25, 0.3) is 11.1 Å². The van der Waals surface area contributed by atoms with E-state index in [0.717, 1.165) is 16.9 Å². The Kier molecular flexibility index (Phi) is 3.68. The van der Waals surface area contributed by atoms with Crippen LogP contribution in [0.3, 0.4) is 0 Å². The smallest absolute Gasteiger partial charge is 0.126 e. The summed E-state index contributed by atoms with van der Waals surface area (Å²) in [6.45, 7) is 4.75. The van der Waals surface area contributed by atoms with Gasteiger partial charge in [-0.1, -0.05) is 23.8 Å². The molecule has 0 aliphatic carbocycles. The highest BCUT2D eigenvalue weighted by molar-refractivity contribution is 5.74. The van der Waals surface area contributed by atoms with Crippen LogP contribution in [0.15, 0.2) is 36.4 Å². The maximum atomic E-state index is 5.72. The predicted octanol–water partition coefficient (Wildman–Crippen LogP) is 3.44. The number of benzene rings is 2. The van der Waals surface area contributed by atoms with E-state index in [9.17, 15) is 0 Å². The molecule has 0 saturated heterocycles. The molecule has 2 aromatic carbocycles. The number of ether oxygens (including phenoxy) is 1. The second kappa shape index (κ2) is 5.23. The molecule has 0 saturated carbocycles. The molecule has 0 unspecified atom stereocenters. The second-order valence-electron chi connectivity index (χ2n) is 4.56. The largest absolute Gasteiger partial charge is 0.496 e. The predicted molar refractivity (Wildman–Crippen MR) is 75.8 cm³/mol. The Hall–Kier alpha value is -1.80. The van der Waals surface area contributed by atoms with E-state index in [0.29, 0.717) is 6.54 Å². The van der Waals surface area contributed by atoms with E-state index < -0.39 is 0 Å². The monoisotopic (exact) mass is 241 g/mol. The fourth-order valence-electron chi connectivity index (χ4n) is 2.12. The molecule has 2 nitrogen and oxygen atoms in total. The van der Waals surface area contributed by atoms with Crippen molar-refractivity contribution < 1.29 is 4.74 Å². The zero-order chi connectivity index (χ0) is 13.1. The molecule has 0 radical (unpaired) electrons. The average Bonchev–Trinajstić information content (AvgIpc) is 2.39. The molecular formula is C16H19NO. The lowest BCUT2D eigenvalue weighted by Gasteiger charge is -2.13. The molecule has 18 heavy (non-hydrogen) atoms. The van der Waals surface area contributed by atoms with Crippen LogP contribution in [-0.4, -0.2) is 7.11 Å².